The number of hydrogen-bond acceptors (Lipinski definition) is 5. The summed E-state index contributed by atoms with van der Waals surface area (Å²) < 4.78 is 44.6. The van der Waals surface area contributed by atoms with E-state index >= 15 is 0 Å². The molecule has 1 aliphatic heterocycles. The number of benzene rings is 1. The maximum atomic E-state index is 13.6. The molecule has 0 radical (unpaired) electrons. The maximum Gasteiger partial charge on any atom is 0.327 e. The van der Waals surface area contributed by atoms with E-state index in [1.807, 2.05) is 5.32 Å². The van der Waals surface area contributed by atoms with Gasteiger partial charge in [-0.05, 0) is 31.9 Å². The summed E-state index contributed by atoms with van der Waals surface area (Å²) in [6.45, 7) is 0.471. The molecule has 1 aromatic carbocycles. The number of urea groups is 1. The number of nitrogens with zero attached hydrogens (tertiary/aromatic N) is 1. The summed E-state index contributed by atoms with van der Waals surface area (Å²) in [5.41, 5.74) is -1.61. The van der Waals surface area contributed by atoms with Crippen molar-refractivity contribution >= 4 is 29.5 Å². The molecule has 1 aliphatic carbocycles. The van der Waals surface area contributed by atoms with Crippen LogP contribution >= 0.6 is 0 Å². The zero-order valence-corrected chi connectivity index (χ0v) is 15.4. The number of imide groups is 1. The van der Waals surface area contributed by atoms with E-state index in [2.05, 4.69) is 5.32 Å². The Morgan fingerprint density at radius 2 is 1.86 bits per heavy atom. The first-order valence-corrected chi connectivity index (χ1v) is 8.92. The Balaban J connectivity index is 1.58. The molecule has 1 saturated heterocycles. The van der Waals surface area contributed by atoms with E-state index in [1.54, 1.807) is 0 Å². The van der Waals surface area contributed by atoms with Crippen molar-refractivity contribution in [1.82, 2.24) is 10.2 Å². The van der Waals surface area contributed by atoms with Crippen molar-refractivity contribution in [2.24, 2.45) is 0 Å². The van der Waals surface area contributed by atoms with Crippen LogP contribution in [0.4, 0.5) is 23.7 Å². The molecule has 8 nitrogen and oxygen atoms in total. The highest BCUT2D eigenvalue weighted by Crippen LogP contribution is 2.34. The van der Waals surface area contributed by atoms with Gasteiger partial charge in [-0.2, -0.15) is 0 Å². The second-order valence-electron chi connectivity index (χ2n) is 6.95. The Hall–Kier alpha value is -3.11. The van der Waals surface area contributed by atoms with Crippen LogP contribution in [0.5, 0.6) is 0 Å². The number of ether oxygens (including phenoxy) is 1. The fourth-order valence-corrected chi connectivity index (χ4v) is 3.41. The minimum atomic E-state index is -1.76. The van der Waals surface area contributed by atoms with Gasteiger partial charge >= 0.3 is 12.0 Å². The van der Waals surface area contributed by atoms with Crippen molar-refractivity contribution in [3.63, 3.8) is 0 Å². The Morgan fingerprint density at radius 1 is 1.21 bits per heavy atom. The quantitative estimate of drug-likeness (QED) is 0.436. The predicted molar refractivity (Wildman–Crippen MR) is 91.9 cm³/mol. The zero-order valence-electron chi connectivity index (χ0n) is 15.4. The van der Waals surface area contributed by atoms with Gasteiger partial charge < -0.3 is 15.4 Å². The van der Waals surface area contributed by atoms with Crippen molar-refractivity contribution in [2.45, 2.75) is 44.2 Å². The van der Waals surface area contributed by atoms with Crippen LogP contribution in [0.25, 0.3) is 0 Å². The van der Waals surface area contributed by atoms with Gasteiger partial charge in [-0.25, -0.2) is 18.0 Å². The highest BCUT2D eigenvalue weighted by Gasteiger charge is 2.52. The molecule has 0 bridgehead atoms. The highest BCUT2D eigenvalue weighted by molar-refractivity contribution is 6.09. The van der Waals surface area contributed by atoms with E-state index in [1.165, 1.54) is 0 Å². The molecule has 2 aliphatic rings. The molecule has 3 rings (SSSR count). The molecule has 1 atom stereocenters. The number of esters is 1. The molecular weight excluding hydrogens is 395 g/mol. The third-order valence-electron chi connectivity index (χ3n) is 4.96. The summed E-state index contributed by atoms with van der Waals surface area (Å²) in [5.74, 6) is -7.33. The van der Waals surface area contributed by atoms with Gasteiger partial charge in [0.15, 0.2) is 23.6 Å². The van der Waals surface area contributed by atoms with E-state index < -0.39 is 65.1 Å². The van der Waals surface area contributed by atoms with E-state index in [0.717, 1.165) is 30.7 Å². The molecule has 1 saturated carbocycles. The SMILES string of the molecule is C[C@@H](OC(=O)CN1C(=O)NC2(CCCC2)C1=O)C(=O)Nc1ccc(F)c(F)c1F. The summed E-state index contributed by atoms with van der Waals surface area (Å²) in [6, 6.07) is 0.727. The number of nitrogens with one attached hydrogen (secondary N) is 2. The molecule has 2 fully saturated rings. The number of carbonyl (C=O) groups is 4. The second-order valence-corrected chi connectivity index (χ2v) is 6.95. The number of halogens is 3. The van der Waals surface area contributed by atoms with E-state index in [-0.39, 0.29) is 0 Å². The first kappa shape index (κ1) is 20.6. The lowest BCUT2D eigenvalue weighted by molar-refractivity contribution is -0.155. The average molecular weight is 413 g/mol. The smallest absolute Gasteiger partial charge is 0.327 e. The van der Waals surface area contributed by atoms with Crippen molar-refractivity contribution in [3.8, 4) is 0 Å². The van der Waals surface area contributed by atoms with Crippen LogP contribution in [0.3, 0.4) is 0 Å². The van der Waals surface area contributed by atoms with Crippen LogP contribution in [-0.4, -0.2) is 46.9 Å². The minimum Gasteiger partial charge on any atom is -0.451 e. The largest absolute Gasteiger partial charge is 0.451 e. The van der Waals surface area contributed by atoms with Crippen LogP contribution in [0.15, 0.2) is 12.1 Å². The first-order valence-electron chi connectivity index (χ1n) is 8.92. The van der Waals surface area contributed by atoms with Crippen LogP contribution in [0.2, 0.25) is 0 Å². The van der Waals surface area contributed by atoms with Gasteiger partial charge in [-0.1, -0.05) is 12.8 Å². The van der Waals surface area contributed by atoms with Gasteiger partial charge in [0.25, 0.3) is 11.8 Å². The molecule has 1 aromatic rings. The fourth-order valence-electron chi connectivity index (χ4n) is 3.41. The monoisotopic (exact) mass is 413 g/mol. The van der Waals surface area contributed by atoms with Gasteiger partial charge in [0.2, 0.25) is 0 Å². The summed E-state index contributed by atoms with van der Waals surface area (Å²) in [4.78, 5) is 49.4. The third-order valence-corrected chi connectivity index (χ3v) is 4.96. The van der Waals surface area contributed by atoms with Crippen LogP contribution in [0.1, 0.15) is 32.6 Å². The lowest BCUT2D eigenvalue weighted by Gasteiger charge is -2.20. The van der Waals surface area contributed by atoms with Gasteiger partial charge in [0, 0.05) is 0 Å². The van der Waals surface area contributed by atoms with Crippen LogP contribution < -0.4 is 10.6 Å². The average Bonchev–Trinajstić information content (AvgIpc) is 3.23. The van der Waals surface area contributed by atoms with Crippen LogP contribution in [0, 0.1) is 17.5 Å². The Kier molecular flexibility index (Phi) is 5.49. The molecule has 156 valence electrons. The lowest BCUT2D eigenvalue weighted by Crippen LogP contribution is -2.44. The summed E-state index contributed by atoms with van der Waals surface area (Å²) in [6.07, 6.45) is 1.09. The number of amides is 4. The van der Waals surface area contributed by atoms with Crippen molar-refractivity contribution in [1.29, 1.82) is 0 Å². The maximum absolute atomic E-state index is 13.6. The lowest BCUT2D eigenvalue weighted by atomic mass is 9.98. The summed E-state index contributed by atoms with van der Waals surface area (Å²) in [7, 11) is 0. The van der Waals surface area contributed by atoms with E-state index in [0.29, 0.717) is 18.9 Å². The Labute approximate surface area is 163 Å². The van der Waals surface area contributed by atoms with Crippen LogP contribution in [-0.2, 0) is 19.1 Å². The number of carbonyl (C=O) groups excluding carboxylic acids is 4. The molecule has 29 heavy (non-hydrogen) atoms. The molecular formula is C18H18F3N3O5. The Bertz CT molecular complexity index is 886. The topological polar surface area (TPSA) is 105 Å². The number of anilines is 1. The van der Waals surface area contributed by atoms with Gasteiger partial charge in [-0.15, -0.1) is 0 Å². The number of rotatable bonds is 5. The highest BCUT2D eigenvalue weighted by atomic mass is 19.2. The normalized spacial score (nSPS) is 18.7. The summed E-state index contributed by atoms with van der Waals surface area (Å²) >= 11 is 0. The third kappa shape index (κ3) is 3.89. The molecule has 2 N–H and O–H groups in total. The summed E-state index contributed by atoms with van der Waals surface area (Å²) in [5, 5.41) is 4.58. The predicted octanol–water partition coefficient (Wildman–Crippen LogP) is 1.84. The van der Waals surface area contributed by atoms with Gasteiger partial charge in [-0.3, -0.25) is 19.3 Å². The van der Waals surface area contributed by atoms with Gasteiger partial charge in [0.05, 0.1) is 5.69 Å². The first-order chi connectivity index (χ1) is 13.6. The van der Waals surface area contributed by atoms with Crippen molar-refractivity contribution in [2.75, 3.05) is 11.9 Å². The minimum absolute atomic E-state index is 0.488. The molecule has 0 unspecified atom stereocenters. The second kappa shape index (κ2) is 7.72. The van der Waals surface area contributed by atoms with E-state index in [9.17, 15) is 32.3 Å². The number of hydrogen-bond donors (Lipinski definition) is 2. The van der Waals surface area contributed by atoms with E-state index in [4.69, 9.17) is 4.74 Å². The molecule has 1 spiro atoms. The molecule has 11 heteroatoms. The standard InChI is InChI=1S/C18H18F3N3O5/c1-9(15(26)22-11-5-4-10(19)13(20)14(11)21)29-12(25)8-24-16(27)18(23-17(24)28)6-2-3-7-18/h4-5,9H,2-3,6-8H2,1H3,(H,22,26)(H,23,28)/t9-/m1/s1. The molecule has 0 aromatic heterocycles. The molecule has 4 amide bonds. The fraction of sp³-hybridized carbons (Fsp3) is 0.444. The van der Waals surface area contributed by atoms with Crippen molar-refractivity contribution < 1.29 is 37.1 Å². The zero-order chi connectivity index (χ0) is 21.3. The van der Waals surface area contributed by atoms with Crippen molar-refractivity contribution in [3.05, 3.63) is 29.6 Å². The Morgan fingerprint density at radius 3 is 2.52 bits per heavy atom. The molecule has 1 heterocycles. The van der Waals surface area contributed by atoms with Gasteiger partial charge in [0.1, 0.15) is 12.1 Å².